The summed E-state index contributed by atoms with van der Waals surface area (Å²) in [6.45, 7) is 0. The van der Waals surface area contributed by atoms with E-state index in [2.05, 4.69) is 65.6 Å². The molecule has 0 aromatic heterocycles. The smallest absolute Gasteiger partial charge is 0.116 e. The molecule has 130 valence electrons. The van der Waals surface area contributed by atoms with Crippen LogP contribution in [0.1, 0.15) is 43.2 Å². The van der Waals surface area contributed by atoms with E-state index in [9.17, 15) is 5.11 Å². The second kappa shape index (κ2) is 5.91. The minimum absolute atomic E-state index is 0.0220. The maximum Gasteiger partial charge on any atom is 0.116 e. The molecule has 1 saturated carbocycles. The van der Waals surface area contributed by atoms with Crippen LogP contribution in [0.3, 0.4) is 0 Å². The van der Waals surface area contributed by atoms with Gasteiger partial charge >= 0.3 is 0 Å². The molecule has 0 radical (unpaired) electrons. The standard InChI is InChI=1S/C24H23NO/c26-19-13-14-23-21(17-19)24(15-7-2-8-16-24)20-11-5-6-12-22(20)25(23)18-9-3-1-4-10-18/h1,3-6,9-14,17,26H,2,7-8,15-16H2. The minimum Gasteiger partial charge on any atom is -0.508 e. The van der Waals surface area contributed by atoms with E-state index in [1.165, 1.54) is 41.8 Å². The van der Waals surface area contributed by atoms with Gasteiger partial charge in [0, 0.05) is 11.1 Å². The Labute approximate surface area is 154 Å². The Bertz CT molecular complexity index is 941. The zero-order valence-corrected chi connectivity index (χ0v) is 14.9. The lowest BCUT2D eigenvalue weighted by molar-refractivity contribution is 0.343. The van der Waals surface area contributed by atoms with Crippen molar-refractivity contribution in [3.63, 3.8) is 0 Å². The highest BCUT2D eigenvalue weighted by atomic mass is 16.3. The molecule has 3 aromatic carbocycles. The summed E-state index contributed by atoms with van der Waals surface area (Å²) in [5, 5.41) is 10.3. The SMILES string of the molecule is Oc1ccc2c(c1)C1(CCCCC1)c1ccccc1N2c1ccccc1. The Balaban J connectivity index is 1.83. The number of phenols is 1. The Kier molecular flexibility index (Phi) is 3.53. The van der Waals surface area contributed by atoms with Gasteiger partial charge in [0.25, 0.3) is 0 Å². The molecule has 2 heteroatoms. The lowest BCUT2D eigenvalue weighted by Gasteiger charge is -2.47. The van der Waals surface area contributed by atoms with Gasteiger partial charge in [-0.05, 0) is 60.4 Å². The van der Waals surface area contributed by atoms with Gasteiger partial charge < -0.3 is 10.0 Å². The first kappa shape index (κ1) is 15.5. The summed E-state index contributed by atoms with van der Waals surface area (Å²) in [5.41, 5.74) is 6.35. The van der Waals surface area contributed by atoms with Gasteiger partial charge in [-0.2, -0.15) is 0 Å². The summed E-state index contributed by atoms with van der Waals surface area (Å²) in [4.78, 5) is 2.35. The van der Waals surface area contributed by atoms with Crippen LogP contribution in [0.15, 0.2) is 72.8 Å². The normalized spacial score (nSPS) is 17.6. The molecular weight excluding hydrogens is 318 g/mol. The van der Waals surface area contributed by atoms with Crippen molar-refractivity contribution in [2.24, 2.45) is 0 Å². The molecule has 0 atom stereocenters. The van der Waals surface area contributed by atoms with E-state index >= 15 is 0 Å². The monoisotopic (exact) mass is 341 g/mol. The molecule has 5 rings (SSSR count). The van der Waals surface area contributed by atoms with Gasteiger partial charge in [0.15, 0.2) is 0 Å². The molecule has 2 aliphatic rings. The quantitative estimate of drug-likeness (QED) is 0.551. The fourth-order valence-corrected chi connectivity index (χ4v) is 5.00. The number of para-hydroxylation sites is 2. The first-order chi connectivity index (χ1) is 12.8. The Morgan fingerprint density at radius 3 is 2.19 bits per heavy atom. The molecule has 26 heavy (non-hydrogen) atoms. The van der Waals surface area contributed by atoms with E-state index in [1.54, 1.807) is 0 Å². The zero-order valence-electron chi connectivity index (χ0n) is 14.9. The predicted molar refractivity (Wildman–Crippen MR) is 107 cm³/mol. The van der Waals surface area contributed by atoms with Crippen molar-refractivity contribution < 1.29 is 5.11 Å². The number of aromatic hydroxyl groups is 1. The van der Waals surface area contributed by atoms with Gasteiger partial charge in [-0.25, -0.2) is 0 Å². The zero-order chi connectivity index (χ0) is 17.6. The lowest BCUT2D eigenvalue weighted by atomic mass is 9.62. The van der Waals surface area contributed by atoms with Crippen LogP contribution in [0.5, 0.6) is 5.75 Å². The molecule has 1 heterocycles. The van der Waals surface area contributed by atoms with Gasteiger partial charge in [-0.15, -0.1) is 0 Å². The topological polar surface area (TPSA) is 23.5 Å². The largest absolute Gasteiger partial charge is 0.508 e. The van der Waals surface area contributed by atoms with Crippen LogP contribution in [0.4, 0.5) is 17.1 Å². The Morgan fingerprint density at radius 1 is 0.692 bits per heavy atom. The number of fused-ring (bicyclic) bond motifs is 4. The summed E-state index contributed by atoms with van der Waals surface area (Å²) >= 11 is 0. The molecule has 1 fully saturated rings. The van der Waals surface area contributed by atoms with Crippen molar-refractivity contribution in [3.05, 3.63) is 83.9 Å². The van der Waals surface area contributed by atoms with Gasteiger partial charge in [-0.3, -0.25) is 0 Å². The maximum absolute atomic E-state index is 10.3. The summed E-state index contributed by atoms with van der Waals surface area (Å²) in [7, 11) is 0. The van der Waals surface area contributed by atoms with Crippen LogP contribution < -0.4 is 4.90 Å². The highest BCUT2D eigenvalue weighted by Gasteiger charge is 2.44. The van der Waals surface area contributed by atoms with E-state index in [0.29, 0.717) is 5.75 Å². The van der Waals surface area contributed by atoms with E-state index < -0.39 is 0 Å². The Hall–Kier alpha value is -2.74. The molecule has 0 unspecified atom stereocenters. The molecule has 1 aliphatic heterocycles. The number of nitrogens with zero attached hydrogens (tertiary/aromatic N) is 1. The molecule has 1 spiro atoms. The predicted octanol–water partition coefficient (Wildman–Crippen LogP) is 6.43. The number of hydrogen-bond donors (Lipinski definition) is 1. The van der Waals surface area contributed by atoms with Crippen LogP contribution >= 0.6 is 0 Å². The third kappa shape index (κ3) is 2.18. The third-order valence-electron chi connectivity index (χ3n) is 6.12. The summed E-state index contributed by atoms with van der Waals surface area (Å²) in [6, 6.07) is 25.3. The third-order valence-corrected chi connectivity index (χ3v) is 6.12. The van der Waals surface area contributed by atoms with Crippen molar-refractivity contribution in [2.75, 3.05) is 4.90 Å². The van der Waals surface area contributed by atoms with E-state index in [4.69, 9.17) is 0 Å². The van der Waals surface area contributed by atoms with Gasteiger partial charge in [0.1, 0.15) is 5.75 Å². The van der Waals surface area contributed by atoms with Crippen molar-refractivity contribution in [1.82, 2.24) is 0 Å². The average Bonchev–Trinajstić information content (AvgIpc) is 2.70. The van der Waals surface area contributed by atoms with Crippen LogP contribution in [-0.2, 0) is 5.41 Å². The van der Waals surface area contributed by atoms with Crippen molar-refractivity contribution in [3.8, 4) is 5.75 Å². The molecule has 0 amide bonds. The van der Waals surface area contributed by atoms with E-state index in [1.807, 2.05) is 12.1 Å². The van der Waals surface area contributed by atoms with Gasteiger partial charge in [0.2, 0.25) is 0 Å². The number of hydrogen-bond acceptors (Lipinski definition) is 2. The second-order valence-electron chi connectivity index (χ2n) is 7.53. The van der Waals surface area contributed by atoms with Gasteiger partial charge in [-0.1, -0.05) is 55.7 Å². The van der Waals surface area contributed by atoms with Crippen LogP contribution in [0.25, 0.3) is 0 Å². The average molecular weight is 341 g/mol. The molecule has 0 bridgehead atoms. The first-order valence-electron chi connectivity index (χ1n) is 9.58. The van der Waals surface area contributed by atoms with Crippen LogP contribution in [0, 0.1) is 0 Å². The highest BCUT2D eigenvalue weighted by molar-refractivity contribution is 5.86. The number of anilines is 3. The van der Waals surface area contributed by atoms with E-state index in [0.717, 1.165) is 18.5 Å². The number of rotatable bonds is 1. The number of benzene rings is 3. The lowest BCUT2D eigenvalue weighted by Crippen LogP contribution is -2.37. The van der Waals surface area contributed by atoms with Crippen molar-refractivity contribution in [2.45, 2.75) is 37.5 Å². The molecule has 3 aromatic rings. The first-order valence-corrected chi connectivity index (χ1v) is 9.58. The fraction of sp³-hybridized carbons (Fsp3) is 0.250. The maximum atomic E-state index is 10.3. The van der Waals surface area contributed by atoms with Crippen LogP contribution in [0.2, 0.25) is 0 Å². The highest BCUT2D eigenvalue weighted by Crippen LogP contribution is 2.57. The fourth-order valence-electron chi connectivity index (χ4n) is 5.00. The molecule has 1 N–H and O–H groups in total. The van der Waals surface area contributed by atoms with Crippen LogP contribution in [-0.4, -0.2) is 5.11 Å². The van der Waals surface area contributed by atoms with E-state index in [-0.39, 0.29) is 5.41 Å². The number of phenolic OH excluding ortho intramolecular Hbond substituents is 1. The minimum atomic E-state index is 0.0220. The summed E-state index contributed by atoms with van der Waals surface area (Å²) < 4.78 is 0. The summed E-state index contributed by atoms with van der Waals surface area (Å²) in [6.07, 6.45) is 6.11. The molecule has 2 nitrogen and oxygen atoms in total. The van der Waals surface area contributed by atoms with Crippen molar-refractivity contribution in [1.29, 1.82) is 0 Å². The summed E-state index contributed by atoms with van der Waals surface area (Å²) in [5.74, 6) is 0.362. The molecule has 0 saturated heterocycles. The molecule has 1 aliphatic carbocycles. The van der Waals surface area contributed by atoms with Crippen molar-refractivity contribution >= 4 is 17.1 Å². The molecular formula is C24H23NO. The van der Waals surface area contributed by atoms with Gasteiger partial charge in [0.05, 0.1) is 11.4 Å². The Morgan fingerprint density at radius 2 is 1.38 bits per heavy atom. The second-order valence-corrected chi connectivity index (χ2v) is 7.53.